The molecule has 0 spiro atoms. The number of benzene rings is 3. The van der Waals surface area contributed by atoms with E-state index in [0.717, 1.165) is 27.8 Å². The van der Waals surface area contributed by atoms with Crippen LogP contribution in [0.4, 0.5) is 4.39 Å². The Kier molecular flexibility index (Phi) is 3.27. The number of H-pyrrole nitrogens is 1. The predicted octanol–water partition coefficient (Wildman–Crippen LogP) is 4.58. The van der Waals surface area contributed by atoms with Crippen LogP contribution in [0.2, 0.25) is 0 Å². The third kappa shape index (κ3) is 2.16. The summed E-state index contributed by atoms with van der Waals surface area (Å²) >= 11 is 0. The predicted molar refractivity (Wildman–Crippen MR) is 101 cm³/mol. The third-order valence-corrected chi connectivity index (χ3v) is 4.88. The molecule has 1 aromatic heterocycles. The number of aromatic amines is 1. The number of fused-ring (bicyclic) bond motifs is 4. The molecule has 0 saturated heterocycles. The molecule has 4 aromatic rings. The van der Waals surface area contributed by atoms with E-state index in [1.807, 2.05) is 42.5 Å². The van der Waals surface area contributed by atoms with Crippen molar-refractivity contribution in [3.8, 4) is 28.3 Å². The van der Waals surface area contributed by atoms with Gasteiger partial charge in [-0.3, -0.25) is 0 Å². The van der Waals surface area contributed by atoms with Crippen molar-refractivity contribution in [3.05, 3.63) is 71.5 Å². The maximum absolute atomic E-state index is 14.0. The van der Waals surface area contributed by atoms with Crippen molar-refractivity contribution in [2.45, 2.75) is 0 Å². The fourth-order valence-electron chi connectivity index (χ4n) is 3.69. The summed E-state index contributed by atoms with van der Waals surface area (Å²) in [4.78, 5) is 7.81. The number of nitrogens with zero attached hydrogens (tertiary/aromatic N) is 2. The van der Waals surface area contributed by atoms with Crippen LogP contribution < -0.4 is 4.74 Å². The minimum Gasteiger partial charge on any atom is -0.494 e. The van der Waals surface area contributed by atoms with Gasteiger partial charge in [0.1, 0.15) is 11.5 Å². The molecule has 5 rings (SSSR count). The summed E-state index contributed by atoms with van der Waals surface area (Å²) in [6, 6.07) is 16.5. The van der Waals surface area contributed by atoms with Crippen molar-refractivity contribution in [2.24, 2.45) is 5.16 Å². The van der Waals surface area contributed by atoms with Crippen molar-refractivity contribution in [3.63, 3.8) is 0 Å². The molecule has 1 aliphatic carbocycles. The van der Waals surface area contributed by atoms with Crippen LogP contribution in [0.5, 0.6) is 5.75 Å². The van der Waals surface area contributed by atoms with Crippen LogP contribution in [0.15, 0.2) is 59.8 Å². The van der Waals surface area contributed by atoms with Crippen molar-refractivity contribution in [2.75, 3.05) is 7.11 Å². The van der Waals surface area contributed by atoms with Gasteiger partial charge >= 0.3 is 0 Å². The second-order valence-electron chi connectivity index (χ2n) is 6.31. The van der Waals surface area contributed by atoms with Gasteiger partial charge in [-0.1, -0.05) is 47.6 Å². The van der Waals surface area contributed by atoms with Crippen LogP contribution in [0, 0.1) is 5.82 Å². The molecular formula is C21H14FN3O2. The number of oxime groups is 1. The van der Waals surface area contributed by atoms with Crippen LogP contribution in [-0.2, 0) is 0 Å². The SMILES string of the molecule is COc1cc2[nH]c(-c3cccc4c3-c3ccccc3/C4=N\O)nc2cc1F. The fraction of sp³-hybridized carbons (Fsp3) is 0.0476. The Bertz CT molecular complexity index is 1240. The normalized spacial score (nSPS) is 13.8. The van der Waals surface area contributed by atoms with E-state index in [1.54, 1.807) is 6.07 Å². The van der Waals surface area contributed by atoms with E-state index < -0.39 is 5.82 Å². The van der Waals surface area contributed by atoms with Crippen LogP contribution in [0.3, 0.4) is 0 Å². The molecule has 0 aliphatic heterocycles. The van der Waals surface area contributed by atoms with Crippen molar-refractivity contribution in [1.29, 1.82) is 0 Å². The number of rotatable bonds is 2. The van der Waals surface area contributed by atoms with E-state index in [9.17, 15) is 9.60 Å². The number of hydrogen-bond donors (Lipinski definition) is 2. The van der Waals surface area contributed by atoms with Gasteiger partial charge in [-0.05, 0) is 5.56 Å². The lowest BCUT2D eigenvalue weighted by molar-refractivity contribution is 0.320. The lowest BCUT2D eigenvalue weighted by atomic mass is 9.99. The molecule has 132 valence electrons. The second kappa shape index (κ2) is 5.67. The number of halogens is 1. The van der Waals surface area contributed by atoms with Crippen LogP contribution in [-0.4, -0.2) is 28.0 Å². The molecule has 3 aromatic carbocycles. The summed E-state index contributed by atoms with van der Waals surface area (Å²) in [6.07, 6.45) is 0. The van der Waals surface area contributed by atoms with E-state index in [4.69, 9.17) is 4.74 Å². The summed E-state index contributed by atoms with van der Waals surface area (Å²) < 4.78 is 19.1. The maximum Gasteiger partial charge on any atom is 0.167 e. The average Bonchev–Trinajstić information content (AvgIpc) is 3.25. The van der Waals surface area contributed by atoms with Crippen molar-refractivity contribution >= 4 is 16.7 Å². The van der Waals surface area contributed by atoms with Crippen LogP contribution in [0.25, 0.3) is 33.5 Å². The number of nitrogens with one attached hydrogen (secondary N) is 1. The lowest BCUT2D eigenvalue weighted by Crippen LogP contribution is -1.97. The monoisotopic (exact) mass is 359 g/mol. The zero-order valence-corrected chi connectivity index (χ0v) is 14.3. The van der Waals surface area contributed by atoms with E-state index in [0.29, 0.717) is 22.6 Å². The Morgan fingerprint density at radius 3 is 2.52 bits per heavy atom. The molecule has 0 fully saturated rings. The zero-order valence-electron chi connectivity index (χ0n) is 14.3. The summed E-state index contributed by atoms with van der Waals surface area (Å²) in [5, 5.41) is 13.0. The first-order valence-electron chi connectivity index (χ1n) is 8.40. The number of ether oxygens (including phenoxy) is 1. The summed E-state index contributed by atoms with van der Waals surface area (Å²) in [5.74, 6) is 0.320. The van der Waals surface area contributed by atoms with Gasteiger partial charge in [-0.2, -0.15) is 0 Å². The summed E-state index contributed by atoms with van der Waals surface area (Å²) in [7, 11) is 1.43. The Labute approximate surface area is 153 Å². The molecule has 27 heavy (non-hydrogen) atoms. The molecule has 1 aliphatic rings. The minimum absolute atomic E-state index is 0.163. The first-order chi connectivity index (χ1) is 13.2. The second-order valence-corrected chi connectivity index (χ2v) is 6.31. The minimum atomic E-state index is -0.457. The Hall–Kier alpha value is -3.67. The first-order valence-corrected chi connectivity index (χ1v) is 8.40. The van der Waals surface area contributed by atoms with E-state index >= 15 is 0 Å². The highest BCUT2D eigenvalue weighted by molar-refractivity contribution is 6.26. The standard InChI is InChI=1S/C21H14FN3O2/c1-27-18-10-17-16(9-15(18)22)23-21(24-17)14-8-4-7-13-19(14)11-5-2-3-6-12(11)20(13)25-26/h2-10,26H,1H3,(H,23,24)/b25-20+. The van der Waals surface area contributed by atoms with E-state index in [-0.39, 0.29) is 5.75 Å². The molecule has 0 amide bonds. The smallest absolute Gasteiger partial charge is 0.167 e. The third-order valence-electron chi connectivity index (χ3n) is 4.88. The maximum atomic E-state index is 14.0. The van der Waals surface area contributed by atoms with Gasteiger partial charge in [0.2, 0.25) is 0 Å². The van der Waals surface area contributed by atoms with Gasteiger partial charge in [0.25, 0.3) is 0 Å². The molecular weight excluding hydrogens is 345 g/mol. The topological polar surface area (TPSA) is 70.5 Å². The quantitative estimate of drug-likeness (QED) is 0.358. The van der Waals surface area contributed by atoms with Gasteiger partial charge < -0.3 is 14.9 Å². The van der Waals surface area contributed by atoms with Gasteiger partial charge in [0, 0.05) is 34.4 Å². The molecule has 1 heterocycles. The average molecular weight is 359 g/mol. The van der Waals surface area contributed by atoms with Gasteiger partial charge in [0.05, 0.1) is 18.1 Å². The molecule has 6 heteroatoms. The Morgan fingerprint density at radius 2 is 1.74 bits per heavy atom. The largest absolute Gasteiger partial charge is 0.494 e. The highest BCUT2D eigenvalue weighted by Crippen LogP contribution is 2.42. The van der Waals surface area contributed by atoms with Crippen molar-refractivity contribution in [1.82, 2.24) is 9.97 Å². The van der Waals surface area contributed by atoms with E-state index in [1.165, 1.54) is 13.2 Å². The molecule has 0 radical (unpaired) electrons. The van der Waals surface area contributed by atoms with Gasteiger partial charge in [0.15, 0.2) is 11.6 Å². The highest BCUT2D eigenvalue weighted by Gasteiger charge is 2.28. The first kappa shape index (κ1) is 15.6. The van der Waals surface area contributed by atoms with E-state index in [2.05, 4.69) is 15.1 Å². The molecule has 0 unspecified atom stereocenters. The van der Waals surface area contributed by atoms with Gasteiger partial charge in [-0.25, -0.2) is 9.37 Å². The van der Waals surface area contributed by atoms with Crippen LogP contribution >= 0.6 is 0 Å². The molecule has 0 atom stereocenters. The zero-order chi connectivity index (χ0) is 18.5. The Morgan fingerprint density at radius 1 is 1.00 bits per heavy atom. The number of methoxy groups -OCH3 is 1. The molecule has 5 nitrogen and oxygen atoms in total. The fourth-order valence-corrected chi connectivity index (χ4v) is 3.69. The molecule has 0 bridgehead atoms. The highest BCUT2D eigenvalue weighted by atomic mass is 19.1. The molecule has 0 saturated carbocycles. The molecule has 2 N–H and O–H groups in total. The number of hydrogen-bond acceptors (Lipinski definition) is 4. The Balaban J connectivity index is 1.78. The lowest BCUT2D eigenvalue weighted by Gasteiger charge is -2.06. The van der Waals surface area contributed by atoms with Crippen molar-refractivity contribution < 1.29 is 14.3 Å². The number of imidazole rings is 1. The summed E-state index contributed by atoms with van der Waals surface area (Å²) in [5.41, 5.74) is 6.20. The summed E-state index contributed by atoms with van der Waals surface area (Å²) in [6.45, 7) is 0. The number of aromatic nitrogens is 2. The van der Waals surface area contributed by atoms with Gasteiger partial charge in [-0.15, -0.1) is 0 Å². The van der Waals surface area contributed by atoms with Crippen LogP contribution in [0.1, 0.15) is 11.1 Å².